The summed E-state index contributed by atoms with van der Waals surface area (Å²) in [4.78, 5) is 4.16. The van der Waals surface area contributed by atoms with Gasteiger partial charge in [-0.1, -0.05) is 12.1 Å². The molecule has 0 amide bonds. The van der Waals surface area contributed by atoms with Crippen molar-refractivity contribution in [2.75, 3.05) is 6.54 Å². The van der Waals surface area contributed by atoms with Crippen molar-refractivity contribution in [2.45, 2.75) is 13.0 Å². The Morgan fingerprint density at radius 2 is 2.29 bits per heavy atom. The minimum absolute atomic E-state index is 0.269. The van der Waals surface area contributed by atoms with Gasteiger partial charge in [-0.2, -0.15) is 0 Å². The third kappa shape index (κ3) is 3.25. The molecule has 0 saturated carbocycles. The second kappa shape index (κ2) is 5.75. The lowest BCUT2D eigenvalue weighted by atomic mass is 10.2. The number of rotatable bonds is 5. The zero-order valence-electron chi connectivity index (χ0n) is 9.19. The van der Waals surface area contributed by atoms with Gasteiger partial charge in [-0.3, -0.25) is 0 Å². The van der Waals surface area contributed by atoms with Crippen molar-refractivity contribution in [3.8, 4) is 5.75 Å². The molecule has 90 valence electrons. The second-order valence-corrected chi connectivity index (χ2v) is 4.58. The van der Waals surface area contributed by atoms with Crippen LogP contribution in [-0.2, 0) is 13.0 Å². The quantitative estimate of drug-likeness (QED) is 0.803. The van der Waals surface area contributed by atoms with E-state index in [1.165, 1.54) is 6.07 Å². The number of nitrogens with zero attached hydrogens (tertiary/aromatic N) is 1. The van der Waals surface area contributed by atoms with Crippen LogP contribution < -0.4 is 5.32 Å². The minimum Gasteiger partial charge on any atom is -0.505 e. The molecular weight excluding hydrogens is 239 g/mol. The molecule has 0 aliphatic carbocycles. The Bertz CT molecular complexity index is 473. The van der Waals surface area contributed by atoms with E-state index < -0.39 is 5.82 Å². The Balaban J connectivity index is 1.80. The number of aromatic hydroxyl groups is 1. The van der Waals surface area contributed by atoms with Crippen LogP contribution in [0.15, 0.2) is 29.8 Å². The van der Waals surface area contributed by atoms with Crippen molar-refractivity contribution >= 4 is 11.3 Å². The molecule has 3 nitrogen and oxygen atoms in total. The summed E-state index contributed by atoms with van der Waals surface area (Å²) < 4.78 is 13.0. The van der Waals surface area contributed by atoms with E-state index in [1.807, 2.05) is 5.38 Å². The predicted molar refractivity (Wildman–Crippen MR) is 65.6 cm³/mol. The number of halogens is 1. The first-order valence-electron chi connectivity index (χ1n) is 5.33. The Hall–Kier alpha value is -1.46. The normalized spacial score (nSPS) is 10.6. The maximum Gasteiger partial charge on any atom is 0.165 e. The fourth-order valence-electron chi connectivity index (χ4n) is 1.50. The fraction of sp³-hybridized carbons (Fsp3) is 0.250. The highest BCUT2D eigenvalue weighted by Gasteiger charge is 2.05. The summed E-state index contributed by atoms with van der Waals surface area (Å²) in [7, 11) is 0. The molecule has 1 aromatic carbocycles. The summed E-state index contributed by atoms with van der Waals surface area (Å²) in [6, 6.07) is 4.54. The van der Waals surface area contributed by atoms with Crippen LogP contribution in [-0.4, -0.2) is 16.6 Å². The Kier molecular flexibility index (Phi) is 4.06. The van der Waals surface area contributed by atoms with Crippen molar-refractivity contribution in [3.63, 3.8) is 0 Å². The van der Waals surface area contributed by atoms with Crippen molar-refractivity contribution in [3.05, 3.63) is 46.2 Å². The summed E-state index contributed by atoms with van der Waals surface area (Å²) in [5.74, 6) is -0.849. The lowest BCUT2D eigenvalue weighted by Gasteiger charge is -2.06. The second-order valence-electron chi connectivity index (χ2n) is 3.60. The molecule has 0 radical (unpaired) electrons. The van der Waals surface area contributed by atoms with Crippen LogP contribution in [0, 0.1) is 5.82 Å². The summed E-state index contributed by atoms with van der Waals surface area (Å²) in [6.07, 6.45) is 2.62. The Morgan fingerprint density at radius 3 is 3.06 bits per heavy atom. The summed E-state index contributed by atoms with van der Waals surface area (Å²) in [5.41, 5.74) is 0.573. The van der Waals surface area contributed by atoms with Crippen LogP contribution in [0.25, 0.3) is 0 Å². The number of phenols is 1. The molecule has 0 aliphatic heterocycles. The summed E-state index contributed by atoms with van der Waals surface area (Å²) in [6.45, 7) is 1.21. The summed E-state index contributed by atoms with van der Waals surface area (Å²) >= 11 is 1.61. The fourth-order valence-corrected chi connectivity index (χ4v) is 2.12. The Morgan fingerprint density at radius 1 is 1.41 bits per heavy atom. The SMILES string of the molecule is Oc1c(F)cccc1CNCCc1nccs1. The predicted octanol–water partition coefficient (Wildman–Crippen LogP) is 2.32. The maximum atomic E-state index is 13.0. The third-order valence-electron chi connectivity index (χ3n) is 2.38. The molecule has 0 atom stereocenters. The van der Waals surface area contributed by atoms with Gasteiger partial charge in [0.1, 0.15) is 0 Å². The largest absolute Gasteiger partial charge is 0.505 e. The number of thiazole rings is 1. The van der Waals surface area contributed by atoms with Gasteiger partial charge in [0.25, 0.3) is 0 Å². The number of benzene rings is 1. The van der Waals surface area contributed by atoms with E-state index in [4.69, 9.17) is 0 Å². The molecule has 2 aromatic rings. The van der Waals surface area contributed by atoms with Crippen LogP contribution in [0.2, 0.25) is 0 Å². The van der Waals surface area contributed by atoms with Gasteiger partial charge >= 0.3 is 0 Å². The van der Waals surface area contributed by atoms with Crippen molar-refractivity contribution in [2.24, 2.45) is 0 Å². The molecular formula is C12H13FN2OS. The number of phenolic OH excluding ortho intramolecular Hbond substituents is 1. The highest BCUT2D eigenvalue weighted by Crippen LogP contribution is 2.20. The molecule has 0 aliphatic rings. The van der Waals surface area contributed by atoms with Gasteiger partial charge in [-0.25, -0.2) is 9.37 Å². The third-order valence-corrected chi connectivity index (χ3v) is 3.22. The monoisotopic (exact) mass is 252 g/mol. The average Bonchev–Trinajstić information content (AvgIpc) is 2.83. The molecule has 0 fully saturated rings. The first-order chi connectivity index (χ1) is 8.27. The number of aromatic nitrogens is 1. The molecule has 2 rings (SSSR count). The standard InChI is InChI=1S/C12H13FN2OS/c13-10-3-1-2-9(12(10)16)8-14-5-4-11-15-6-7-17-11/h1-3,6-7,14,16H,4-5,8H2. The molecule has 1 aromatic heterocycles. The van der Waals surface area contributed by atoms with Crippen molar-refractivity contribution < 1.29 is 9.50 Å². The van der Waals surface area contributed by atoms with Gasteiger partial charge in [0.2, 0.25) is 0 Å². The zero-order chi connectivity index (χ0) is 12.1. The summed E-state index contributed by atoms with van der Waals surface area (Å²) in [5, 5.41) is 15.6. The Labute approximate surface area is 103 Å². The molecule has 17 heavy (non-hydrogen) atoms. The topological polar surface area (TPSA) is 45.1 Å². The van der Waals surface area contributed by atoms with E-state index in [0.717, 1.165) is 18.0 Å². The molecule has 5 heteroatoms. The lowest BCUT2D eigenvalue weighted by molar-refractivity contribution is 0.423. The lowest BCUT2D eigenvalue weighted by Crippen LogP contribution is -2.16. The van der Waals surface area contributed by atoms with Gasteiger partial charge in [0.15, 0.2) is 11.6 Å². The first-order valence-corrected chi connectivity index (χ1v) is 6.21. The van der Waals surface area contributed by atoms with E-state index in [9.17, 15) is 9.50 Å². The van der Waals surface area contributed by atoms with Crippen LogP contribution in [0.3, 0.4) is 0 Å². The number of hydrogen-bond acceptors (Lipinski definition) is 4. The molecule has 0 bridgehead atoms. The molecule has 2 N–H and O–H groups in total. The average molecular weight is 252 g/mol. The maximum absolute atomic E-state index is 13.0. The van der Waals surface area contributed by atoms with E-state index in [-0.39, 0.29) is 5.75 Å². The molecule has 1 heterocycles. The first kappa shape index (κ1) is 12.0. The van der Waals surface area contributed by atoms with Crippen molar-refractivity contribution in [1.82, 2.24) is 10.3 Å². The van der Waals surface area contributed by atoms with Gasteiger partial charge < -0.3 is 10.4 Å². The number of para-hydroxylation sites is 1. The highest BCUT2D eigenvalue weighted by atomic mass is 32.1. The minimum atomic E-state index is -0.579. The van der Waals surface area contributed by atoms with Gasteiger partial charge in [-0.05, 0) is 6.07 Å². The van der Waals surface area contributed by atoms with E-state index >= 15 is 0 Å². The molecule has 0 saturated heterocycles. The number of hydrogen-bond donors (Lipinski definition) is 2. The zero-order valence-corrected chi connectivity index (χ0v) is 10.0. The van der Waals surface area contributed by atoms with Crippen LogP contribution >= 0.6 is 11.3 Å². The van der Waals surface area contributed by atoms with Crippen molar-refractivity contribution in [1.29, 1.82) is 0 Å². The van der Waals surface area contributed by atoms with Gasteiger partial charge in [-0.15, -0.1) is 11.3 Å². The molecule has 0 unspecified atom stereocenters. The van der Waals surface area contributed by atoms with E-state index in [2.05, 4.69) is 10.3 Å². The van der Waals surface area contributed by atoms with Crippen LogP contribution in [0.4, 0.5) is 4.39 Å². The van der Waals surface area contributed by atoms with E-state index in [0.29, 0.717) is 12.1 Å². The van der Waals surface area contributed by atoms with Gasteiger partial charge in [0.05, 0.1) is 5.01 Å². The van der Waals surface area contributed by atoms with Crippen LogP contribution in [0.1, 0.15) is 10.6 Å². The van der Waals surface area contributed by atoms with E-state index in [1.54, 1.807) is 29.7 Å². The van der Waals surface area contributed by atoms with Gasteiger partial charge in [0, 0.05) is 36.7 Å². The smallest absolute Gasteiger partial charge is 0.165 e. The highest BCUT2D eigenvalue weighted by molar-refractivity contribution is 7.09. The number of nitrogens with one attached hydrogen (secondary N) is 1. The molecule has 0 spiro atoms. The van der Waals surface area contributed by atoms with Crippen LogP contribution in [0.5, 0.6) is 5.75 Å².